The van der Waals surface area contributed by atoms with Crippen molar-refractivity contribution >= 4 is 23.4 Å². The number of hydrogen-bond acceptors (Lipinski definition) is 7. The van der Waals surface area contributed by atoms with E-state index in [1.165, 1.54) is 35.4 Å². The van der Waals surface area contributed by atoms with Crippen molar-refractivity contribution < 1.29 is 18.0 Å². The molecule has 10 nitrogen and oxygen atoms in total. The number of aryl methyl sites for hydroxylation is 1. The zero-order valence-electron chi connectivity index (χ0n) is 22.9. The van der Waals surface area contributed by atoms with Crippen molar-refractivity contribution in [1.82, 2.24) is 29.1 Å². The average Bonchev–Trinajstić information content (AvgIpc) is 3.44. The maximum Gasteiger partial charge on any atom is 0.416 e. The van der Waals surface area contributed by atoms with Crippen LogP contribution in [0.3, 0.4) is 0 Å². The van der Waals surface area contributed by atoms with E-state index in [0.717, 1.165) is 25.0 Å². The van der Waals surface area contributed by atoms with E-state index < -0.39 is 17.6 Å². The van der Waals surface area contributed by atoms with Gasteiger partial charge in [-0.05, 0) is 57.0 Å². The van der Waals surface area contributed by atoms with Crippen LogP contribution >= 0.6 is 0 Å². The summed E-state index contributed by atoms with van der Waals surface area (Å²) >= 11 is 0. The van der Waals surface area contributed by atoms with Crippen LogP contribution in [0.25, 0.3) is 11.5 Å². The molecule has 1 aliphatic carbocycles. The Labute approximate surface area is 239 Å². The molecular formula is C29H28F3N9O. The van der Waals surface area contributed by atoms with Crippen molar-refractivity contribution in [1.29, 1.82) is 0 Å². The number of nitrogens with one attached hydrogen (secondary N) is 3. The van der Waals surface area contributed by atoms with E-state index in [4.69, 9.17) is 0 Å². The van der Waals surface area contributed by atoms with Crippen LogP contribution in [0.2, 0.25) is 0 Å². The van der Waals surface area contributed by atoms with Crippen molar-refractivity contribution in [2.24, 2.45) is 0 Å². The first kappa shape index (κ1) is 28.3. The smallest absolute Gasteiger partial charge is 0.367 e. The van der Waals surface area contributed by atoms with Gasteiger partial charge in [0.15, 0.2) is 0 Å². The number of hydrogen-bond donors (Lipinski definition) is 3. The average molecular weight is 576 g/mol. The number of imidazole rings is 2. The third-order valence-electron chi connectivity index (χ3n) is 6.22. The molecule has 0 spiro atoms. The van der Waals surface area contributed by atoms with E-state index in [-0.39, 0.29) is 16.9 Å². The summed E-state index contributed by atoms with van der Waals surface area (Å²) in [5, 5.41) is 9.06. The van der Waals surface area contributed by atoms with Gasteiger partial charge >= 0.3 is 6.18 Å². The second-order valence-corrected chi connectivity index (χ2v) is 9.75. The van der Waals surface area contributed by atoms with Crippen LogP contribution in [0, 0.1) is 6.92 Å². The molecule has 5 rings (SSSR count). The summed E-state index contributed by atoms with van der Waals surface area (Å²) in [6.07, 6.45) is 9.82. The second-order valence-electron chi connectivity index (χ2n) is 9.75. The highest BCUT2D eigenvalue weighted by Crippen LogP contribution is 2.33. The van der Waals surface area contributed by atoms with Gasteiger partial charge in [-0.25, -0.2) is 19.9 Å². The standard InChI is InChI=1S/C29H28F3N9O/c1-4-5-20(27(42)39-23-11-21(29(30,31)32)12-24(13-23)40-15-19(3)36-17-40)10-18(2)37-28-33-8-9-41(28)26-14-25(34-16-35-26)38-22-6-7-22/h4-5,8-17,22H,1,6-7H2,2-3H3,(H,33,37)(H,39,42)(H,34,35,38)/b18-10+,20-5+. The first-order valence-corrected chi connectivity index (χ1v) is 13.0. The molecule has 0 radical (unpaired) electrons. The van der Waals surface area contributed by atoms with E-state index in [1.807, 2.05) is 6.07 Å². The quantitative estimate of drug-likeness (QED) is 0.161. The van der Waals surface area contributed by atoms with Crippen LogP contribution in [0.1, 0.15) is 31.0 Å². The lowest BCUT2D eigenvalue weighted by atomic mass is 10.1. The Bertz CT molecular complexity index is 1680. The first-order valence-electron chi connectivity index (χ1n) is 13.0. The zero-order valence-corrected chi connectivity index (χ0v) is 22.9. The Hall–Kier alpha value is -5.20. The molecule has 4 aromatic rings. The molecule has 1 aliphatic rings. The monoisotopic (exact) mass is 575 g/mol. The maximum atomic E-state index is 13.7. The summed E-state index contributed by atoms with van der Waals surface area (Å²) in [5.41, 5.74) is 0.600. The molecule has 1 aromatic carbocycles. The molecule has 0 bridgehead atoms. The van der Waals surface area contributed by atoms with E-state index in [0.29, 0.717) is 35.0 Å². The minimum Gasteiger partial charge on any atom is -0.367 e. The van der Waals surface area contributed by atoms with Crippen molar-refractivity contribution in [3.05, 3.63) is 103 Å². The van der Waals surface area contributed by atoms with Gasteiger partial charge in [-0.1, -0.05) is 12.7 Å². The number of rotatable bonds is 10. The highest BCUT2D eigenvalue weighted by atomic mass is 19.4. The van der Waals surface area contributed by atoms with Crippen LogP contribution in [-0.2, 0) is 11.0 Å². The Balaban J connectivity index is 1.36. The van der Waals surface area contributed by atoms with Crippen molar-refractivity contribution in [2.45, 2.75) is 38.9 Å². The van der Waals surface area contributed by atoms with Gasteiger partial charge in [-0.2, -0.15) is 13.2 Å². The molecule has 0 aliphatic heterocycles. The fourth-order valence-electron chi connectivity index (χ4n) is 4.10. The summed E-state index contributed by atoms with van der Waals surface area (Å²) in [4.78, 5) is 30.3. The molecule has 1 fully saturated rings. The van der Waals surface area contributed by atoms with Gasteiger partial charge in [0.2, 0.25) is 5.95 Å². The Morgan fingerprint density at radius 2 is 1.90 bits per heavy atom. The van der Waals surface area contributed by atoms with Gasteiger partial charge in [0.25, 0.3) is 5.91 Å². The van der Waals surface area contributed by atoms with Gasteiger partial charge in [0.1, 0.15) is 18.0 Å². The summed E-state index contributed by atoms with van der Waals surface area (Å²) in [5.74, 6) is 1.12. The SMILES string of the molecule is C=C/C=C(\C=C(/C)Nc1nccn1-c1cc(NC2CC2)ncn1)C(=O)Nc1cc(-n2cnc(C)c2)cc(C(F)(F)F)c1. The number of aromatic nitrogens is 6. The molecule has 1 amide bonds. The van der Waals surface area contributed by atoms with Crippen LogP contribution < -0.4 is 16.0 Å². The number of amides is 1. The van der Waals surface area contributed by atoms with Gasteiger partial charge in [-0.3, -0.25) is 9.36 Å². The molecule has 42 heavy (non-hydrogen) atoms. The van der Waals surface area contributed by atoms with Gasteiger partial charge in [0, 0.05) is 53.3 Å². The van der Waals surface area contributed by atoms with Crippen LogP contribution in [0.15, 0.2) is 91.6 Å². The summed E-state index contributed by atoms with van der Waals surface area (Å²) in [7, 11) is 0. The van der Waals surface area contributed by atoms with Crippen molar-refractivity contribution in [2.75, 3.05) is 16.0 Å². The number of carbonyl (C=O) groups is 1. The Morgan fingerprint density at radius 1 is 1.10 bits per heavy atom. The van der Waals surface area contributed by atoms with Gasteiger partial charge < -0.3 is 20.5 Å². The number of carbonyl (C=O) groups excluding carboxylic acids is 1. The fraction of sp³-hybridized carbons (Fsp3) is 0.207. The number of allylic oxidation sites excluding steroid dienone is 3. The van der Waals surface area contributed by atoms with Crippen molar-refractivity contribution in [3.63, 3.8) is 0 Å². The number of anilines is 3. The van der Waals surface area contributed by atoms with Crippen molar-refractivity contribution in [3.8, 4) is 11.5 Å². The minimum atomic E-state index is -4.62. The number of benzene rings is 1. The zero-order chi connectivity index (χ0) is 29.9. The predicted octanol–water partition coefficient (Wildman–Crippen LogP) is 5.82. The highest BCUT2D eigenvalue weighted by molar-refractivity contribution is 6.06. The second kappa shape index (κ2) is 11.7. The first-order chi connectivity index (χ1) is 20.1. The van der Waals surface area contributed by atoms with Gasteiger partial charge in [-0.15, -0.1) is 0 Å². The Kier molecular flexibility index (Phi) is 7.91. The van der Waals surface area contributed by atoms with Gasteiger partial charge in [0.05, 0.1) is 17.6 Å². The lowest BCUT2D eigenvalue weighted by Gasteiger charge is -2.14. The molecule has 3 heterocycles. The van der Waals surface area contributed by atoms with E-state index >= 15 is 0 Å². The summed E-state index contributed by atoms with van der Waals surface area (Å²) < 4.78 is 44.2. The number of halogens is 3. The highest BCUT2D eigenvalue weighted by Gasteiger charge is 2.31. The molecule has 3 N–H and O–H groups in total. The molecule has 0 saturated heterocycles. The molecule has 0 atom stereocenters. The maximum absolute atomic E-state index is 13.7. The number of nitrogens with zero attached hydrogens (tertiary/aromatic N) is 6. The fourth-order valence-corrected chi connectivity index (χ4v) is 4.10. The Morgan fingerprint density at radius 3 is 2.60 bits per heavy atom. The largest absolute Gasteiger partial charge is 0.416 e. The minimum absolute atomic E-state index is 0.0277. The topological polar surface area (TPSA) is 115 Å². The lowest BCUT2D eigenvalue weighted by molar-refractivity contribution is -0.137. The summed E-state index contributed by atoms with van der Waals surface area (Å²) in [6.45, 7) is 7.12. The molecular weight excluding hydrogens is 547 g/mol. The lowest BCUT2D eigenvalue weighted by Crippen LogP contribution is -2.16. The molecule has 216 valence electrons. The molecule has 0 unspecified atom stereocenters. The molecule has 13 heteroatoms. The third-order valence-corrected chi connectivity index (χ3v) is 6.22. The normalized spacial score (nSPS) is 14.0. The van der Waals surface area contributed by atoms with E-state index in [9.17, 15) is 18.0 Å². The van der Waals surface area contributed by atoms with Crippen LogP contribution in [0.4, 0.5) is 30.6 Å². The predicted molar refractivity (Wildman–Crippen MR) is 153 cm³/mol. The number of alkyl halides is 3. The van der Waals surface area contributed by atoms with Crippen LogP contribution in [-0.4, -0.2) is 41.0 Å². The van der Waals surface area contributed by atoms with Crippen LogP contribution in [0.5, 0.6) is 0 Å². The molecule has 1 saturated carbocycles. The van der Waals surface area contributed by atoms with E-state index in [1.54, 1.807) is 43.1 Å². The van der Waals surface area contributed by atoms with E-state index in [2.05, 4.69) is 42.5 Å². The summed E-state index contributed by atoms with van der Waals surface area (Å²) in [6, 6.07) is 5.57. The molecule has 3 aromatic heterocycles. The third kappa shape index (κ3) is 6.92.